The molecule has 23 heavy (non-hydrogen) atoms. The third-order valence-electron chi connectivity index (χ3n) is 3.76. The second-order valence-electron chi connectivity index (χ2n) is 5.25. The fourth-order valence-electron chi connectivity index (χ4n) is 2.61. The predicted molar refractivity (Wildman–Crippen MR) is 89.4 cm³/mol. The maximum absolute atomic E-state index is 12.4. The number of nitrogens with two attached hydrogens (primary N) is 1. The summed E-state index contributed by atoms with van der Waals surface area (Å²) in [5, 5.41) is 0.379. The summed E-state index contributed by atoms with van der Waals surface area (Å²) >= 11 is 5.84. The summed E-state index contributed by atoms with van der Waals surface area (Å²) in [6, 6.07) is 6.38. The summed E-state index contributed by atoms with van der Waals surface area (Å²) in [6.45, 7) is 6.52. The van der Waals surface area contributed by atoms with Crippen molar-refractivity contribution in [3.05, 3.63) is 51.8 Å². The van der Waals surface area contributed by atoms with Crippen molar-refractivity contribution in [3.8, 4) is 5.75 Å². The molecule has 0 bridgehead atoms. The van der Waals surface area contributed by atoms with Crippen molar-refractivity contribution in [1.82, 2.24) is 4.57 Å². The average Bonchev–Trinajstić information content (AvgIpc) is 2.79. The van der Waals surface area contributed by atoms with E-state index in [2.05, 4.69) is 4.57 Å². The fraction of sp³-hybridized carbons (Fsp3) is 0.294. The highest BCUT2D eigenvalue weighted by Gasteiger charge is 2.17. The highest BCUT2D eigenvalue weighted by Crippen LogP contribution is 2.23. The molecule has 6 heteroatoms. The Balaban J connectivity index is 2.19. The van der Waals surface area contributed by atoms with Crippen LogP contribution in [0.3, 0.4) is 0 Å². The van der Waals surface area contributed by atoms with Crippen molar-refractivity contribution in [1.29, 1.82) is 0 Å². The molecule has 2 aromatic rings. The molecule has 5 nitrogen and oxygen atoms in total. The van der Waals surface area contributed by atoms with Crippen molar-refractivity contribution >= 4 is 23.3 Å². The van der Waals surface area contributed by atoms with Gasteiger partial charge in [-0.1, -0.05) is 11.6 Å². The number of amides is 1. The highest BCUT2D eigenvalue weighted by molar-refractivity contribution is 6.31. The van der Waals surface area contributed by atoms with Crippen molar-refractivity contribution < 1.29 is 14.3 Å². The number of halogens is 1. The first-order valence-electron chi connectivity index (χ1n) is 7.27. The summed E-state index contributed by atoms with van der Waals surface area (Å²) in [6.07, 6.45) is 0. The molecular formula is C17H19ClN2O3. The minimum absolute atomic E-state index is 0.150. The maximum Gasteiger partial charge on any atom is 0.252 e. The number of nitrogens with zero attached hydrogens (tertiary/aromatic N) is 1. The zero-order chi connectivity index (χ0) is 17.1. The van der Waals surface area contributed by atoms with Crippen LogP contribution in [0.25, 0.3) is 0 Å². The van der Waals surface area contributed by atoms with E-state index in [9.17, 15) is 9.59 Å². The molecule has 0 radical (unpaired) electrons. The van der Waals surface area contributed by atoms with Gasteiger partial charge in [0.15, 0.2) is 6.61 Å². The van der Waals surface area contributed by atoms with Crippen LogP contribution in [0.15, 0.2) is 24.3 Å². The molecule has 1 aromatic heterocycles. The average molecular weight is 335 g/mol. The summed E-state index contributed by atoms with van der Waals surface area (Å²) in [4.78, 5) is 23.8. The molecule has 0 saturated carbocycles. The number of Topliss-reactive ketones (excluding diaryl/α,β-unsaturated/α-hetero) is 1. The largest absolute Gasteiger partial charge is 0.485 e. The first kappa shape index (κ1) is 17.1. The minimum atomic E-state index is -0.654. The van der Waals surface area contributed by atoms with Gasteiger partial charge in [0.25, 0.3) is 5.91 Å². The first-order valence-corrected chi connectivity index (χ1v) is 7.65. The van der Waals surface area contributed by atoms with Gasteiger partial charge in [0.05, 0.1) is 5.56 Å². The Morgan fingerprint density at radius 3 is 2.48 bits per heavy atom. The van der Waals surface area contributed by atoms with Crippen molar-refractivity contribution in [3.63, 3.8) is 0 Å². The molecule has 1 aromatic carbocycles. The summed E-state index contributed by atoms with van der Waals surface area (Å²) < 4.78 is 7.55. The van der Waals surface area contributed by atoms with Crippen LogP contribution in [-0.4, -0.2) is 22.9 Å². The lowest BCUT2D eigenvalue weighted by Gasteiger charge is -2.10. The number of carbonyl (C=O) groups is 2. The monoisotopic (exact) mass is 334 g/mol. The van der Waals surface area contributed by atoms with Gasteiger partial charge in [0, 0.05) is 28.5 Å². The molecule has 2 N–H and O–H groups in total. The van der Waals surface area contributed by atoms with E-state index in [1.54, 1.807) is 6.07 Å². The van der Waals surface area contributed by atoms with Gasteiger partial charge in [0.1, 0.15) is 5.75 Å². The summed E-state index contributed by atoms with van der Waals surface area (Å²) in [5.41, 5.74) is 8.01. The van der Waals surface area contributed by atoms with Crippen molar-refractivity contribution in [2.24, 2.45) is 5.73 Å². The van der Waals surface area contributed by atoms with Gasteiger partial charge in [0.2, 0.25) is 5.78 Å². The van der Waals surface area contributed by atoms with Gasteiger partial charge >= 0.3 is 0 Å². The van der Waals surface area contributed by atoms with Crippen LogP contribution in [-0.2, 0) is 6.54 Å². The number of hydrogen-bond acceptors (Lipinski definition) is 3. The zero-order valence-electron chi connectivity index (χ0n) is 13.4. The number of aromatic nitrogens is 1. The van der Waals surface area contributed by atoms with Gasteiger partial charge in [-0.2, -0.15) is 0 Å². The number of benzene rings is 1. The quantitative estimate of drug-likeness (QED) is 0.825. The molecule has 0 atom stereocenters. The molecule has 0 spiro atoms. The number of rotatable bonds is 6. The molecule has 0 saturated heterocycles. The number of hydrogen-bond donors (Lipinski definition) is 1. The van der Waals surface area contributed by atoms with E-state index in [1.165, 1.54) is 12.1 Å². The van der Waals surface area contributed by atoms with Gasteiger partial charge in [-0.3, -0.25) is 9.59 Å². The summed E-state index contributed by atoms with van der Waals surface area (Å²) in [5.74, 6) is -0.554. The molecule has 0 aliphatic rings. The Morgan fingerprint density at radius 2 is 1.91 bits per heavy atom. The number of carbonyl (C=O) groups excluding carboxylic acids is 2. The molecule has 0 unspecified atom stereocenters. The van der Waals surface area contributed by atoms with Gasteiger partial charge < -0.3 is 15.0 Å². The Kier molecular flexibility index (Phi) is 5.11. The second-order valence-corrected chi connectivity index (χ2v) is 5.68. The SMILES string of the molecule is CCn1c(C)cc(C(=O)COc2ccc(Cl)cc2C(N)=O)c1C. The molecule has 1 heterocycles. The van der Waals surface area contributed by atoms with Crippen LogP contribution in [0.2, 0.25) is 5.02 Å². The number of aryl methyl sites for hydroxylation is 1. The van der Waals surface area contributed by atoms with Crippen LogP contribution in [0.4, 0.5) is 0 Å². The van der Waals surface area contributed by atoms with Crippen LogP contribution in [0.1, 0.15) is 39.0 Å². The second kappa shape index (κ2) is 6.87. The lowest BCUT2D eigenvalue weighted by atomic mass is 10.1. The Morgan fingerprint density at radius 1 is 1.22 bits per heavy atom. The molecule has 2 rings (SSSR count). The van der Waals surface area contributed by atoms with Crippen molar-refractivity contribution in [2.45, 2.75) is 27.3 Å². The van der Waals surface area contributed by atoms with E-state index in [1.807, 2.05) is 26.8 Å². The van der Waals surface area contributed by atoms with E-state index in [0.717, 1.165) is 17.9 Å². The van der Waals surface area contributed by atoms with E-state index in [4.69, 9.17) is 22.1 Å². The molecule has 0 aliphatic carbocycles. The smallest absolute Gasteiger partial charge is 0.252 e. The molecule has 0 fully saturated rings. The minimum Gasteiger partial charge on any atom is -0.485 e. The first-order chi connectivity index (χ1) is 10.8. The molecule has 0 aliphatic heterocycles. The molecule has 1 amide bonds. The standard InChI is InChI=1S/C17H19ClN2O3/c1-4-20-10(2)7-13(11(20)3)15(21)9-23-16-6-5-12(18)8-14(16)17(19)22/h5-8H,4,9H2,1-3H3,(H2,19,22). The Hall–Kier alpha value is -2.27. The molecule has 122 valence electrons. The third-order valence-corrected chi connectivity index (χ3v) is 3.99. The fourth-order valence-corrected chi connectivity index (χ4v) is 2.78. The lowest BCUT2D eigenvalue weighted by Crippen LogP contribution is -2.17. The van der Waals surface area contributed by atoms with Gasteiger partial charge in [-0.05, 0) is 45.0 Å². The van der Waals surface area contributed by atoms with E-state index in [-0.39, 0.29) is 23.7 Å². The van der Waals surface area contributed by atoms with E-state index < -0.39 is 5.91 Å². The van der Waals surface area contributed by atoms with E-state index >= 15 is 0 Å². The van der Waals surface area contributed by atoms with E-state index in [0.29, 0.717) is 10.6 Å². The zero-order valence-corrected chi connectivity index (χ0v) is 14.1. The molecular weight excluding hydrogens is 316 g/mol. The Labute approximate surface area is 140 Å². The Bertz CT molecular complexity index is 765. The van der Waals surface area contributed by atoms with Crippen LogP contribution in [0, 0.1) is 13.8 Å². The normalized spacial score (nSPS) is 10.6. The number of ketones is 1. The van der Waals surface area contributed by atoms with Crippen molar-refractivity contribution in [2.75, 3.05) is 6.61 Å². The topological polar surface area (TPSA) is 74.3 Å². The number of primary amides is 1. The number of ether oxygens (including phenoxy) is 1. The van der Waals surface area contributed by atoms with Crippen LogP contribution < -0.4 is 10.5 Å². The predicted octanol–water partition coefficient (Wildman–Crippen LogP) is 3.14. The van der Waals surface area contributed by atoms with Gasteiger partial charge in [-0.25, -0.2) is 0 Å². The third kappa shape index (κ3) is 3.56. The van der Waals surface area contributed by atoms with Crippen LogP contribution >= 0.6 is 11.6 Å². The van der Waals surface area contributed by atoms with Crippen LogP contribution in [0.5, 0.6) is 5.75 Å². The summed E-state index contributed by atoms with van der Waals surface area (Å²) in [7, 11) is 0. The lowest BCUT2D eigenvalue weighted by molar-refractivity contribution is 0.0911. The highest BCUT2D eigenvalue weighted by atomic mass is 35.5. The maximum atomic E-state index is 12.4. The van der Waals surface area contributed by atoms with Gasteiger partial charge in [-0.15, -0.1) is 0 Å².